The van der Waals surface area contributed by atoms with Crippen LogP contribution in [-0.4, -0.2) is 48.0 Å². The molecule has 0 spiro atoms. The average Bonchev–Trinajstić information content (AvgIpc) is 2.90. The number of anilines is 3. The topological polar surface area (TPSA) is 61.4 Å². The van der Waals surface area contributed by atoms with E-state index in [4.69, 9.17) is 0 Å². The Morgan fingerprint density at radius 2 is 1.69 bits per heavy atom. The maximum absolute atomic E-state index is 12.8. The molecule has 1 fully saturated rings. The second-order valence-electron chi connectivity index (χ2n) is 6.96. The molecule has 0 bridgehead atoms. The summed E-state index contributed by atoms with van der Waals surface area (Å²) < 4.78 is 0. The molecule has 0 unspecified atom stereocenters. The molecule has 2 aromatic rings. The summed E-state index contributed by atoms with van der Waals surface area (Å²) in [6.07, 6.45) is 4.53. The van der Waals surface area contributed by atoms with Crippen molar-refractivity contribution in [2.75, 3.05) is 37.4 Å². The van der Waals surface area contributed by atoms with Crippen LogP contribution >= 0.6 is 0 Å². The van der Waals surface area contributed by atoms with Gasteiger partial charge in [0.05, 0.1) is 0 Å². The molecule has 0 atom stereocenters. The van der Waals surface area contributed by atoms with Gasteiger partial charge in [0.25, 0.3) is 5.91 Å². The molecule has 1 aliphatic rings. The maximum Gasteiger partial charge on any atom is 0.272 e. The van der Waals surface area contributed by atoms with Crippen molar-refractivity contribution in [3.05, 3.63) is 41.9 Å². The number of likely N-dealkylation sites (tertiary alicyclic amines) is 1. The van der Waals surface area contributed by atoms with Gasteiger partial charge >= 0.3 is 0 Å². The summed E-state index contributed by atoms with van der Waals surface area (Å²) in [6, 6.07) is 9.84. The SMILES string of the molecule is Cc1nc(Nc2ccc(N(C)C)cc2)cc(C(=O)N2CCCCCC2)n1. The zero-order valence-corrected chi connectivity index (χ0v) is 15.8. The standard InChI is InChI=1S/C20H27N5O/c1-15-21-18(20(26)25-12-6-4-5-7-13-25)14-19(22-15)23-16-8-10-17(11-9-16)24(2)3/h8-11,14H,4-7,12-13H2,1-3H3,(H,21,22,23). The van der Waals surface area contributed by atoms with Crippen molar-refractivity contribution in [3.63, 3.8) is 0 Å². The van der Waals surface area contributed by atoms with Gasteiger partial charge in [0.2, 0.25) is 0 Å². The van der Waals surface area contributed by atoms with E-state index < -0.39 is 0 Å². The van der Waals surface area contributed by atoms with E-state index in [-0.39, 0.29) is 5.91 Å². The van der Waals surface area contributed by atoms with Gasteiger partial charge in [-0.15, -0.1) is 0 Å². The number of rotatable bonds is 4. The van der Waals surface area contributed by atoms with Crippen LogP contribution in [0.2, 0.25) is 0 Å². The zero-order chi connectivity index (χ0) is 18.5. The summed E-state index contributed by atoms with van der Waals surface area (Å²) in [7, 11) is 4.02. The number of carbonyl (C=O) groups is 1. The lowest BCUT2D eigenvalue weighted by atomic mass is 10.2. The first-order chi connectivity index (χ1) is 12.5. The highest BCUT2D eigenvalue weighted by Crippen LogP contribution is 2.20. The lowest BCUT2D eigenvalue weighted by Gasteiger charge is -2.20. The molecule has 1 saturated heterocycles. The molecule has 26 heavy (non-hydrogen) atoms. The van der Waals surface area contributed by atoms with Crippen LogP contribution in [0, 0.1) is 6.92 Å². The molecule has 2 heterocycles. The Kier molecular flexibility index (Phi) is 5.71. The van der Waals surface area contributed by atoms with E-state index in [9.17, 15) is 4.79 Å². The van der Waals surface area contributed by atoms with Gasteiger partial charge in [-0.2, -0.15) is 0 Å². The Balaban J connectivity index is 1.77. The average molecular weight is 353 g/mol. The highest BCUT2D eigenvalue weighted by Gasteiger charge is 2.19. The molecule has 1 amide bonds. The highest BCUT2D eigenvalue weighted by atomic mass is 16.2. The monoisotopic (exact) mass is 353 g/mol. The Labute approximate surface area is 155 Å². The molecular formula is C20H27N5O. The van der Waals surface area contributed by atoms with E-state index >= 15 is 0 Å². The largest absolute Gasteiger partial charge is 0.378 e. The van der Waals surface area contributed by atoms with Gasteiger partial charge in [0, 0.05) is 44.6 Å². The van der Waals surface area contributed by atoms with Crippen molar-refractivity contribution in [1.29, 1.82) is 0 Å². The smallest absolute Gasteiger partial charge is 0.272 e. The van der Waals surface area contributed by atoms with Gasteiger partial charge < -0.3 is 15.1 Å². The number of aromatic nitrogens is 2. The van der Waals surface area contributed by atoms with Crippen LogP contribution < -0.4 is 10.2 Å². The van der Waals surface area contributed by atoms with Crippen LogP contribution in [0.1, 0.15) is 42.0 Å². The van der Waals surface area contributed by atoms with E-state index in [1.807, 2.05) is 50.2 Å². The van der Waals surface area contributed by atoms with Crippen molar-refractivity contribution in [1.82, 2.24) is 14.9 Å². The minimum Gasteiger partial charge on any atom is -0.378 e. The van der Waals surface area contributed by atoms with E-state index in [0.717, 1.165) is 37.3 Å². The predicted octanol–water partition coefficient (Wildman–Crippen LogP) is 3.61. The number of aryl methyl sites for hydroxylation is 1. The summed E-state index contributed by atoms with van der Waals surface area (Å²) in [5.41, 5.74) is 2.53. The van der Waals surface area contributed by atoms with E-state index in [1.54, 1.807) is 6.07 Å². The Bertz CT molecular complexity index is 749. The minimum atomic E-state index is 0.00315. The molecule has 0 saturated carbocycles. The summed E-state index contributed by atoms with van der Waals surface area (Å²) >= 11 is 0. The number of benzene rings is 1. The number of nitrogens with one attached hydrogen (secondary N) is 1. The third-order valence-electron chi connectivity index (χ3n) is 4.61. The lowest BCUT2D eigenvalue weighted by Crippen LogP contribution is -2.32. The highest BCUT2D eigenvalue weighted by molar-refractivity contribution is 5.93. The molecule has 1 aromatic carbocycles. The molecule has 6 nitrogen and oxygen atoms in total. The number of hydrogen-bond acceptors (Lipinski definition) is 5. The van der Waals surface area contributed by atoms with Crippen LogP contribution in [0.5, 0.6) is 0 Å². The molecule has 0 aliphatic carbocycles. The van der Waals surface area contributed by atoms with Gasteiger partial charge in [0.15, 0.2) is 0 Å². The normalized spacial score (nSPS) is 14.7. The van der Waals surface area contributed by atoms with E-state index in [2.05, 4.69) is 20.2 Å². The predicted molar refractivity (Wildman–Crippen MR) is 105 cm³/mol. The van der Waals surface area contributed by atoms with Gasteiger partial charge in [-0.25, -0.2) is 9.97 Å². The van der Waals surface area contributed by atoms with Crippen molar-refractivity contribution in [2.45, 2.75) is 32.6 Å². The molecule has 6 heteroatoms. The molecule has 138 valence electrons. The summed E-state index contributed by atoms with van der Waals surface area (Å²) in [5.74, 6) is 1.25. The Hall–Kier alpha value is -2.63. The molecule has 1 aliphatic heterocycles. The molecule has 0 radical (unpaired) electrons. The molecule has 1 aromatic heterocycles. The van der Waals surface area contributed by atoms with Crippen molar-refractivity contribution in [2.24, 2.45) is 0 Å². The van der Waals surface area contributed by atoms with Crippen molar-refractivity contribution < 1.29 is 4.79 Å². The van der Waals surface area contributed by atoms with Crippen molar-refractivity contribution in [3.8, 4) is 0 Å². The van der Waals surface area contributed by atoms with Gasteiger partial charge in [-0.05, 0) is 44.0 Å². The van der Waals surface area contributed by atoms with Crippen LogP contribution in [0.4, 0.5) is 17.2 Å². The number of nitrogens with zero attached hydrogens (tertiary/aromatic N) is 4. The lowest BCUT2D eigenvalue weighted by molar-refractivity contribution is 0.0755. The molecular weight excluding hydrogens is 326 g/mol. The molecule has 1 N–H and O–H groups in total. The maximum atomic E-state index is 12.8. The number of amides is 1. The van der Waals surface area contributed by atoms with Crippen LogP contribution in [0.25, 0.3) is 0 Å². The first kappa shape index (κ1) is 18.2. The van der Waals surface area contributed by atoms with Gasteiger partial charge in [0.1, 0.15) is 17.3 Å². The van der Waals surface area contributed by atoms with Gasteiger partial charge in [-0.1, -0.05) is 12.8 Å². The van der Waals surface area contributed by atoms with Crippen LogP contribution in [0.15, 0.2) is 30.3 Å². The Morgan fingerprint density at radius 1 is 1.04 bits per heavy atom. The summed E-state index contributed by atoms with van der Waals surface area (Å²) in [5, 5.41) is 3.28. The zero-order valence-electron chi connectivity index (χ0n) is 15.8. The Morgan fingerprint density at radius 3 is 2.31 bits per heavy atom. The number of carbonyl (C=O) groups excluding carboxylic acids is 1. The number of hydrogen-bond donors (Lipinski definition) is 1. The summed E-state index contributed by atoms with van der Waals surface area (Å²) in [4.78, 5) is 25.6. The first-order valence-electron chi connectivity index (χ1n) is 9.22. The fourth-order valence-corrected chi connectivity index (χ4v) is 3.17. The second-order valence-corrected chi connectivity index (χ2v) is 6.96. The quantitative estimate of drug-likeness (QED) is 0.910. The third kappa shape index (κ3) is 4.50. The summed E-state index contributed by atoms with van der Waals surface area (Å²) in [6.45, 7) is 3.45. The third-order valence-corrected chi connectivity index (χ3v) is 4.61. The fourth-order valence-electron chi connectivity index (χ4n) is 3.17. The van der Waals surface area contributed by atoms with E-state index in [1.165, 1.54) is 12.8 Å². The second kappa shape index (κ2) is 8.17. The van der Waals surface area contributed by atoms with Crippen LogP contribution in [0.3, 0.4) is 0 Å². The van der Waals surface area contributed by atoms with Gasteiger partial charge in [-0.3, -0.25) is 4.79 Å². The first-order valence-corrected chi connectivity index (χ1v) is 9.22. The van der Waals surface area contributed by atoms with Crippen LogP contribution in [-0.2, 0) is 0 Å². The van der Waals surface area contributed by atoms with Crippen molar-refractivity contribution >= 4 is 23.1 Å². The minimum absolute atomic E-state index is 0.00315. The van der Waals surface area contributed by atoms with E-state index in [0.29, 0.717) is 17.3 Å². The fraction of sp³-hybridized carbons (Fsp3) is 0.450. The molecule has 3 rings (SSSR count).